The van der Waals surface area contributed by atoms with E-state index in [0.717, 1.165) is 77.0 Å². The van der Waals surface area contributed by atoms with Gasteiger partial charge in [0.25, 0.3) is 0 Å². The number of carbonyl (C=O) groups excluding carboxylic acids is 3. The predicted molar refractivity (Wildman–Crippen MR) is 325 cm³/mol. The average Bonchev–Trinajstić information content (AvgIpc) is 3.43. The molecule has 11 nitrogen and oxygen atoms in total. The van der Waals surface area contributed by atoms with E-state index >= 15 is 0 Å². The molecule has 0 amide bonds. The van der Waals surface area contributed by atoms with Crippen LogP contribution in [0.5, 0.6) is 0 Å². The van der Waals surface area contributed by atoms with Crippen molar-refractivity contribution in [3.8, 4) is 0 Å². The molecule has 78 heavy (non-hydrogen) atoms. The molecule has 0 aromatic carbocycles. The third-order valence-electron chi connectivity index (χ3n) is 12.1. The lowest BCUT2D eigenvalue weighted by molar-refractivity contribution is -0.161. The van der Waals surface area contributed by atoms with Gasteiger partial charge in [-0.05, 0) is 109 Å². The highest BCUT2D eigenvalue weighted by atomic mass is 31.2. The summed E-state index contributed by atoms with van der Waals surface area (Å²) in [6.07, 6.45) is 74.5. The van der Waals surface area contributed by atoms with Gasteiger partial charge in [0.2, 0.25) is 0 Å². The summed E-state index contributed by atoms with van der Waals surface area (Å²) in [5.41, 5.74) is 0. The number of carbonyl (C=O) groups is 3. The van der Waals surface area contributed by atoms with Crippen LogP contribution >= 0.6 is 7.82 Å². The van der Waals surface area contributed by atoms with Gasteiger partial charge in [-0.3, -0.25) is 23.4 Å². The van der Waals surface area contributed by atoms with Crippen molar-refractivity contribution in [1.82, 2.24) is 0 Å². The number of aliphatic hydroxyl groups excluding tert-OH is 1. The molecular weight excluding hydrogens is 1000 g/mol. The molecule has 0 bridgehead atoms. The minimum atomic E-state index is -4.80. The zero-order valence-electron chi connectivity index (χ0n) is 48.8. The number of phosphoric acid groups is 1. The van der Waals surface area contributed by atoms with Crippen molar-refractivity contribution >= 4 is 25.7 Å². The van der Waals surface area contributed by atoms with Gasteiger partial charge in [0.1, 0.15) is 12.7 Å². The van der Waals surface area contributed by atoms with Crippen LogP contribution in [-0.4, -0.2) is 66.5 Å². The van der Waals surface area contributed by atoms with Gasteiger partial charge < -0.3 is 24.2 Å². The molecule has 0 saturated carbocycles. The third kappa shape index (κ3) is 56.3. The van der Waals surface area contributed by atoms with Crippen molar-refractivity contribution in [2.75, 3.05) is 26.4 Å². The first-order valence-electron chi connectivity index (χ1n) is 30.1. The number of hydrogen-bond acceptors (Lipinski definition) is 10. The molecule has 442 valence electrons. The maximum absolute atomic E-state index is 12.9. The summed E-state index contributed by atoms with van der Waals surface area (Å²) in [4.78, 5) is 48.5. The Morgan fingerprint density at radius 3 is 1.08 bits per heavy atom. The second-order valence-corrected chi connectivity index (χ2v) is 20.8. The lowest BCUT2D eigenvalue weighted by Gasteiger charge is -2.21. The highest BCUT2D eigenvalue weighted by Crippen LogP contribution is 2.43. The van der Waals surface area contributed by atoms with Gasteiger partial charge >= 0.3 is 25.7 Å². The first kappa shape index (κ1) is 73.6. The predicted octanol–water partition coefficient (Wildman–Crippen LogP) is 18.1. The van der Waals surface area contributed by atoms with E-state index in [1.165, 1.54) is 83.5 Å². The first-order valence-corrected chi connectivity index (χ1v) is 31.6. The van der Waals surface area contributed by atoms with Crippen LogP contribution in [0.15, 0.2) is 134 Å². The normalized spacial score (nSPS) is 14.3. The van der Waals surface area contributed by atoms with E-state index in [0.29, 0.717) is 25.7 Å². The zero-order valence-corrected chi connectivity index (χ0v) is 49.7. The van der Waals surface area contributed by atoms with Crippen molar-refractivity contribution in [2.24, 2.45) is 0 Å². The summed E-state index contributed by atoms with van der Waals surface area (Å²) in [6.45, 7) is 4.23. The fourth-order valence-electron chi connectivity index (χ4n) is 7.57. The molecule has 0 fully saturated rings. The van der Waals surface area contributed by atoms with Crippen LogP contribution in [0.3, 0.4) is 0 Å². The second-order valence-electron chi connectivity index (χ2n) is 19.4. The molecule has 0 aromatic heterocycles. The summed E-state index contributed by atoms with van der Waals surface area (Å²) in [7, 11) is -4.80. The molecule has 12 heteroatoms. The van der Waals surface area contributed by atoms with Crippen LogP contribution < -0.4 is 0 Å². The van der Waals surface area contributed by atoms with E-state index in [4.69, 9.17) is 23.3 Å². The zero-order chi connectivity index (χ0) is 56.9. The Balaban J connectivity index is 4.89. The Bertz CT molecular complexity index is 1820. The first-order chi connectivity index (χ1) is 38.2. The van der Waals surface area contributed by atoms with E-state index < -0.39 is 57.8 Å². The van der Waals surface area contributed by atoms with E-state index in [2.05, 4.69) is 124 Å². The fourth-order valence-corrected chi connectivity index (χ4v) is 8.35. The second kappa shape index (κ2) is 58.8. The molecule has 0 saturated heterocycles. The summed E-state index contributed by atoms with van der Waals surface area (Å²) >= 11 is 0. The molecule has 0 aliphatic carbocycles. The maximum atomic E-state index is 12.9. The minimum Gasteiger partial charge on any atom is -0.462 e. The van der Waals surface area contributed by atoms with Gasteiger partial charge in [-0.15, -0.1) is 0 Å². The number of esters is 3. The Morgan fingerprint density at radius 1 is 0.372 bits per heavy atom. The van der Waals surface area contributed by atoms with E-state index in [-0.39, 0.29) is 25.9 Å². The number of ether oxygens (including phenoxy) is 3. The van der Waals surface area contributed by atoms with Gasteiger partial charge in [0.05, 0.1) is 19.8 Å². The van der Waals surface area contributed by atoms with Crippen LogP contribution in [0.25, 0.3) is 0 Å². The van der Waals surface area contributed by atoms with Crippen molar-refractivity contribution in [2.45, 2.75) is 238 Å². The van der Waals surface area contributed by atoms with Gasteiger partial charge in [-0.25, -0.2) is 4.57 Å². The van der Waals surface area contributed by atoms with Crippen molar-refractivity contribution in [3.63, 3.8) is 0 Å². The standard InChI is InChI=1S/C66H107O11P/c1-4-7-10-13-16-19-22-25-27-29-31-33-35-38-40-43-46-49-52-55-64(68)73-59-63(77-66(70)57-54-51-48-45-42-39-36-34-32-30-28-26-23-20-17-14-11-8-5-2)61-75-78(71,72)74-60-62(58-67)76-65(69)56-53-50-47-44-41-37-24-21-18-15-12-9-6-3/h8-9,11-12,17-18,20-21,25-28,32,34,37,39,41-42,47-48,50-51,62-63,67H,4-7,10,13-16,19,22-24,29-31,33,35-36,38,40,43-46,49,52-61H2,1-3H3,(H,71,72)/b11-8-,12-9-,20-17-,21-18-,27-25-,28-26-,34-32-,41-37-,42-39-,50-47-,51-48-. The van der Waals surface area contributed by atoms with E-state index in [1.807, 2.05) is 30.4 Å². The van der Waals surface area contributed by atoms with Crippen molar-refractivity contribution in [1.29, 1.82) is 0 Å². The number of allylic oxidation sites excluding steroid dienone is 22. The third-order valence-corrected chi connectivity index (χ3v) is 13.0. The summed E-state index contributed by atoms with van der Waals surface area (Å²) in [6, 6.07) is 0. The number of aliphatic hydroxyl groups is 1. The van der Waals surface area contributed by atoms with Crippen LogP contribution in [0, 0.1) is 0 Å². The Hall–Kier alpha value is -4.38. The van der Waals surface area contributed by atoms with Crippen LogP contribution in [0.1, 0.15) is 226 Å². The SMILES string of the molecule is CC/C=C\C/C=C\C/C=C\C/C=C\C/C=C\C/C=C\CCC(=O)OC(COC(=O)CCCCCCCCCCC/C=C\CCCCCCCC)COP(=O)(O)OCC(CO)OC(=O)CC/C=C\C/C=C\C/C=C\C/C=C\CC. The molecule has 3 atom stereocenters. The molecule has 3 unspecified atom stereocenters. The average molecular weight is 1110 g/mol. The van der Waals surface area contributed by atoms with E-state index in [9.17, 15) is 28.9 Å². The number of unbranched alkanes of at least 4 members (excludes halogenated alkanes) is 15. The lowest BCUT2D eigenvalue weighted by Crippen LogP contribution is -2.30. The Labute approximate surface area is 474 Å². The monoisotopic (exact) mass is 1110 g/mol. The Kier molecular flexibility index (Phi) is 55.5. The minimum absolute atomic E-state index is 0.0302. The van der Waals surface area contributed by atoms with Crippen molar-refractivity contribution < 1.29 is 52.2 Å². The molecule has 0 rings (SSSR count). The van der Waals surface area contributed by atoms with Gasteiger partial charge in [0, 0.05) is 19.3 Å². The molecule has 0 aromatic rings. The van der Waals surface area contributed by atoms with Crippen LogP contribution in [-0.2, 0) is 42.2 Å². The van der Waals surface area contributed by atoms with Crippen molar-refractivity contribution in [3.05, 3.63) is 134 Å². The molecule has 2 N–H and O–H groups in total. The van der Waals surface area contributed by atoms with Gasteiger partial charge in [0.15, 0.2) is 6.10 Å². The molecule has 0 aliphatic rings. The quantitative estimate of drug-likeness (QED) is 0.0197. The van der Waals surface area contributed by atoms with Crippen LogP contribution in [0.2, 0.25) is 0 Å². The molecule has 0 radical (unpaired) electrons. The summed E-state index contributed by atoms with van der Waals surface area (Å²) in [5, 5.41) is 9.80. The molecule has 0 heterocycles. The fraction of sp³-hybridized carbons (Fsp3) is 0.621. The van der Waals surface area contributed by atoms with Gasteiger partial charge in [-0.1, -0.05) is 231 Å². The van der Waals surface area contributed by atoms with E-state index in [1.54, 1.807) is 0 Å². The van der Waals surface area contributed by atoms with Crippen LogP contribution in [0.4, 0.5) is 0 Å². The Morgan fingerprint density at radius 2 is 0.692 bits per heavy atom. The largest absolute Gasteiger partial charge is 0.472 e. The van der Waals surface area contributed by atoms with Gasteiger partial charge in [-0.2, -0.15) is 0 Å². The lowest BCUT2D eigenvalue weighted by atomic mass is 10.1. The molecule has 0 aliphatic heterocycles. The maximum Gasteiger partial charge on any atom is 0.472 e. The highest BCUT2D eigenvalue weighted by molar-refractivity contribution is 7.47. The number of rotatable bonds is 54. The summed E-state index contributed by atoms with van der Waals surface area (Å²) in [5.74, 6) is -1.67. The topological polar surface area (TPSA) is 155 Å². The number of phosphoric ester groups is 1. The smallest absolute Gasteiger partial charge is 0.462 e. The summed E-state index contributed by atoms with van der Waals surface area (Å²) < 4.78 is 39.4. The molecular formula is C66H107O11P. The number of hydrogen-bond donors (Lipinski definition) is 2. The molecule has 0 spiro atoms. The highest BCUT2D eigenvalue weighted by Gasteiger charge is 2.28.